The summed E-state index contributed by atoms with van der Waals surface area (Å²) in [6.07, 6.45) is 1.50. The van der Waals surface area contributed by atoms with Crippen molar-refractivity contribution in [1.82, 2.24) is 19.6 Å². The zero-order chi connectivity index (χ0) is 16.5. The summed E-state index contributed by atoms with van der Waals surface area (Å²) in [5, 5.41) is 4.96. The smallest absolute Gasteiger partial charge is 0.253 e. The van der Waals surface area contributed by atoms with Crippen LogP contribution in [0.25, 0.3) is 28.3 Å². The van der Waals surface area contributed by atoms with Crippen LogP contribution in [0.2, 0.25) is 5.02 Å². The maximum Gasteiger partial charge on any atom is 0.253 e. The fourth-order valence-electron chi connectivity index (χ4n) is 2.55. The van der Waals surface area contributed by atoms with Crippen molar-refractivity contribution in [3.63, 3.8) is 0 Å². The molecule has 2 aromatic heterocycles. The van der Waals surface area contributed by atoms with E-state index in [1.54, 1.807) is 11.6 Å². The number of aromatic nitrogens is 4. The van der Waals surface area contributed by atoms with Crippen molar-refractivity contribution >= 4 is 17.4 Å². The number of hydrogen-bond acceptors (Lipinski definition) is 4. The van der Waals surface area contributed by atoms with Crippen LogP contribution in [0.4, 0.5) is 0 Å². The second-order valence-electron chi connectivity index (χ2n) is 5.23. The molecule has 0 aliphatic heterocycles. The minimum Gasteiger partial charge on any atom is -0.497 e. The lowest BCUT2D eigenvalue weighted by molar-refractivity contribution is 0.415. The Labute approximate surface area is 143 Å². The fraction of sp³-hybridized carbons (Fsp3) is 0.0556. The lowest BCUT2D eigenvalue weighted by atomic mass is 10.1. The molecule has 2 aromatic carbocycles. The maximum absolute atomic E-state index is 5.99. The predicted octanol–water partition coefficient (Wildman–Crippen LogP) is 4.12. The van der Waals surface area contributed by atoms with E-state index in [-0.39, 0.29) is 0 Å². The van der Waals surface area contributed by atoms with Crippen LogP contribution in [-0.4, -0.2) is 26.7 Å². The van der Waals surface area contributed by atoms with Gasteiger partial charge in [-0.15, -0.1) is 0 Å². The van der Waals surface area contributed by atoms with Gasteiger partial charge in [0.15, 0.2) is 0 Å². The van der Waals surface area contributed by atoms with Crippen LogP contribution in [0.3, 0.4) is 0 Å². The molecule has 24 heavy (non-hydrogen) atoms. The highest BCUT2D eigenvalue weighted by Gasteiger charge is 2.11. The Bertz CT molecular complexity index is 994. The van der Waals surface area contributed by atoms with E-state index < -0.39 is 0 Å². The first-order valence-electron chi connectivity index (χ1n) is 7.36. The molecule has 0 aliphatic carbocycles. The van der Waals surface area contributed by atoms with Gasteiger partial charge in [-0.2, -0.15) is 14.6 Å². The Morgan fingerprint density at radius 1 is 0.958 bits per heavy atom. The van der Waals surface area contributed by atoms with E-state index in [1.807, 2.05) is 54.6 Å². The number of hydrogen-bond donors (Lipinski definition) is 0. The number of benzene rings is 2. The fourth-order valence-corrected chi connectivity index (χ4v) is 2.67. The van der Waals surface area contributed by atoms with Crippen LogP contribution < -0.4 is 4.74 Å². The minimum atomic E-state index is 0.549. The van der Waals surface area contributed by atoms with Crippen LogP contribution in [0.5, 0.6) is 5.75 Å². The third kappa shape index (κ3) is 2.59. The monoisotopic (exact) mass is 336 g/mol. The Hall–Kier alpha value is -2.92. The molecular weight excluding hydrogens is 324 g/mol. The zero-order valence-corrected chi connectivity index (χ0v) is 13.6. The molecule has 0 bridgehead atoms. The van der Waals surface area contributed by atoms with E-state index in [0.717, 1.165) is 28.3 Å². The van der Waals surface area contributed by atoms with Gasteiger partial charge in [0.2, 0.25) is 0 Å². The normalized spacial score (nSPS) is 10.9. The quantitative estimate of drug-likeness (QED) is 0.564. The van der Waals surface area contributed by atoms with Crippen molar-refractivity contribution in [2.45, 2.75) is 0 Å². The molecular formula is C18H13ClN4O. The average molecular weight is 337 g/mol. The molecule has 0 fully saturated rings. The molecule has 0 radical (unpaired) electrons. The van der Waals surface area contributed by atoms with E-state index >= 15 is 0 Å². The summed E-state index contributed by atoms with van der Waals surface area (Å²) >= 11 is 5.99. The molecule has 0 spiro atoms. The molecule has 4 rings (SSSR count). The van der Waals surface area contributed by atoms with Gasteiger partial charge in [0.05, 0.1) is 18.5 Å². The second-order valence-corrected chi connectivity index (χ2v) is 5.67. The molecule has 4 aromatic rings. The van der Waals surface area contributed by atoms with Gasteiger partial charge in [-0.3, -0.25) is 0 Å². The topological polar surface area (TPSA) is 52.3 Å². The number of halogens is 1. The molecule has 0 unspecified atom stereocenters. The van der Waals surface area contributed by atoms with E-state index in [4.69, 9.17) is 16.3 Å². The van der Waals surface area contributed by atoms with Gasteiger partial charge in [-0.05, 0) is 42.5 Å². The molecule has 118 valence electrons. The molecule has 0 amide bonds. The summed E-state index contributed by atoms with van der Waals surface area (Å²) < 4.78 is 6.93. The highest BCUT2D eigenvalue weighted by atomic mass is 35.5. The molecule has 0 N–H and O–H groups in total. The molecule has 0 atom stereocenters. The van der Waals surface area contributed by atoms with Crippen molar-refractivity contribution in [3.8, 4) is 28.3 Å². The number of methoxy groups -OCH3 is 1. The van der Waals surface area contributed by atoms with Gasteiger partial charge in [0.25, 0.3) is 5.78 Å². The zero-order valence-electron chi connectivity index (χ0n) is 12.8. The van der Waals surface area contributed by atoms with Crippen molar-refractivity contribution in [3.05, 3.63) is 65.9 Å². The van der Waals surface area contributed by atoms with Crippen LogP contribution in [0, 0.1) is 0 Å². The lowest BCUT2D eigenvalue weighted by Crippen LogP contribution is -1.98. The first kappa shape index (κ1) is 14.7. The highest BCUT2D eigenvalue weighted by Crippen LogP contribution is 2.27. The van der Waals surface area contributed by atoms with Gasteiger partial charge in [0.1, 0.15) is 12.1 Å². The third-order valence-corrected chi connectivity index (χ3v) is 4.03. The van der Waals surface area contributed by atoms with Crippen molar-refractivity contribution in [2.75, 3.05) is 7.11 Å². The Morgan fingerprint density at radius 2 is 1.67 bits per heavy atom. The first-order chi connectivity index (χ1) is 11.7. The number of fused-ring (bicyclic) bond motifs is 1. The predicted molar refractivity (Wildman–Crippen MR) is 93.2 cm³/mol. The van der Waals surface area contributed by atoms with Crippen LogP contribution in [0.1, 0.15) is 0 Å². The standard InChI is InChI=1S/C18H13ClN4O/c1-24-15-8-4-12(5-9-15)16-10-17(13-2-6-14(19)7-3-13)23-18(22-16)20-11-21-23/h2-11H,1H3. The molecule has 0 saturated heterocycles. The summed E-state index contributed by atoms with van der Waals surface area (Å²) in [5.74, 6) is 1.36. The summed E-state index contributed by atoms with van der Waals surface area (Å²) in [7, 11) is 1.65. The maximum atomic E-state index is 5.99. The Morgan fingerprint density at radius 3 is 2.38 bits per heavy atom. The van der Waals surface area contributed by atoms with Gasteiger partial charge in [-0.1, -0.05) is 23.7 Å². The van der Waals surface area contributed by atoms with Crippen molar-refractivity contribution < 1.29 is 4.74 Å². The van der Waals surface area contributed by atoms with E-state index in [2.05, 4.69) is 15.1 Å². The van der Waals surface area contributed by atoms with Gasteiger partial charge in [0, 0.05) is 16.1 Å². The highest BCUT2D eigenvalue weighted by molar-refractivity contribution is 6.30. The van der Waals surface area contributed by atoms with Crippen LogP contribution in [-0.2, 0) is 0 Å². The van der Waals surface area contributed by atoms with Gasteiger partial charge < -0.3 is 4.74 Å². The van der Waals surface area contributed by atoms with Crippen molar-refractivity contribution in [1.29, 1.82) is 0 Å². The number of nitrogens with zero attached hydrogens (tertiary/aromatic N) is 4. The largest absolute Gasteiger partial charge is 0.497 e. The molecule has 0 saturated carbocycles. The molecule has 6 heteroatoms. The van der Waals surface area contributed by atoms with Crippen LogP contribution in [0.15, 0.2) is 60.9 Å². The molecule has 2 heterocycles. The van der Waals surface area contributed by atoms with Crippen molar-refractivity contribution in [2.24, 2.45) is 0 Å². The first-order valence-corrected chi connectivity index (χ1v) is 7.73. The van der Waals surface area contributed by atoms with E-state index in [0.29, 0.717) is 10.8 Å². The Balaban J connectivity index is 1.89. The van der Waals surface area contributed by atoms with Gasteiger partial charge >= 0.3 is 0 Å². The van der Waals surface area contributed by atoms with E-state index in [1.165, 1.54) is 6.33 Å². The second kappa shape index (κ2) is 5.94. The number of ether oxygens (including phenoxy) is 1. The van der Waals surface area contributed by atoms with Gasteiger partial charge in [-0.25, -0.2) is 4.98 Å². The summed E-state index contributed by atoms with van der Waals surface area (Å²) in [6, 6.07) is 17.4. The SMILES string of the molecule is COc1ccc(-c2cc(-c3ccc(Cl)cc3)n3ncnc3n2)cc1. The number of rotatable bonds is 3. The van der Waals surface area contributed by atoms with E-state index in [9.17, 15) is 0 Å². The summed E-state index contributed by atoms with van der Waals surface area (Å²) in [6.45, 7) is 0. The Kier molecular flexibility index (Phi) is 3.63. The summed E-state index contributed by atoms with van der Waals surface area (Å²) in [5.41, 5.74) is 3.70. The average Bonchev–Trinajstić information content (AvgIpc) is 3.10. The summed E-state index contributed by atoms with van der Waals surface area (Å²) in [4.78, 5) is 8.82. The minimum absolute atomic E-state index is 0.549. The van der Waals surface area contributed by atoms with Crippen LogP contribution >= 0.6 is 11.6 Å². The molecule has 5 nitrogen and oxygen atoms in total. The lowest BCUT2D eigenvalue weighted by Gasteiger charge is -2.08. The third-order valence-electron chi connectivity index (χ3n) is 3.78. The molecule has 0 aliphatic rings.